The summed E-state index contributed by atoms with van der Waals surface area (Å²) in [6.07, 6.45) is 2.89. The Kier molecular flexibility index (Phi) is 4.79. The Hall–Kier alpha value is -2.53. The third-order valence-electron chi connectivity index (χ3n) is 5.54. The van der Waals surface area contributed by atoms with E-state index in [-0.39, 0.29) is 17.4 Å². The van der Waals surface area contributed by atoms with E-state index in [1.807, 2.05) is 30.3 Å². The predicted octanol–water partition coefficient (Wildman–Crippen LogP) is 4.15. The predicted molar refractivity (Wildman–Crippen MR) is 104 cm³/mol. The van der Waals surface area contributed by atoms with Gasteiger partial charge in [-0.3, -0.25) is 9.69 Å². The van der Waals surface area contributed by atoms with Gasteiger partial charge >= 0.3 is 6.09 Å². The number of carbonyl (C=O) groups excluding carboxylic acids is 2. The molecule has 0 bridgehead atoms. The number of cyclic esters (lactones) is 1. The van der Waals surface area contributed by atoms with E-state index in [4.69, 9.17) is 16.3 Å². The highest BCUT2D eigenvalue weighted by atomic mass is 35.5. The van der Waals surface area contributed by atoms with Crippen LogP contribution in [-0.2, 0) is 10.2 Å². The fourth-order valence-corrected chi connectivity index (χ4v) is 3.90. The number of carbonyl (C=O) groups is 2. The molecule has 0 atom stereocenters. The van der Waals surface area contributed by atoms with Crippen molar-refractivity contribution < 1.29 is 14.3 Å². The Morgan fingerprint density at radius 1 is 1.19 bits per heavy atom. The van der Waals surface area contributed by atoms with Crippen molar-refractivity contribution in [2.45, 2.75) is 24.7 Å². The number of benzene rings is 2. The molecule has 1 saturated heterocycles. The Balaban J connectivity index is 1.46. The molecular formula is C21H21ClN2O3. The molecule has 1 aliphatic heterocycles. The molecule has 1 N–H and O–H groups in total. The molecule has 140 valence electrons. The summed E-state index contributed by atoms with van der Waals surface area (Å²) in [5, 5.41) is 3.79. The molecule has 2 fully saturated rings. The van der Waals surface area contributed by atoms with E-state index in [0.29, 0.717) is 30.9 Å². The summed E-state index contributed by atoms with van der Waals surface area (Å²) >= 11 is 6.00. The average molecular weight is 385 g/mol. The van der Waals surface area contributed by atoms with E-state index in [1.54, 1.807) is 18.2 Å². The lowest BCUT2D eigenvalue weighted by atomic mass is 9.64. The summed E-state index contributed by atoms with van der Waals surface area (Å²) in [6, 6.07) is 15.0. The van der Waals surface area contributed by atoms with Crippen LogP contribution in [-0.4, -0.2) is 31.7 Å². The smallest absolute Gasteiger partial charge is 0.414 e. The van der Waals surface area contributed by atoms with Crippen LogP contribution in [0, 0.1) is 0 Å². The zero-order valence-corrected chi connectivity index (χ0v) is 15.7. The lowest BCUT2D eigenvalue weighted by molar-refractivity contribution is 0.0927. The quantitative estimate of drug-likeness (QED) is 0.842. The standard InChI is InChI=1S/C21H21ClN2O3/c22-17-7-5-16(6-8-17)21(9-2-10-21)14-23-19(25)15-3-1-4-18(13-15)24-11-12-27-20(24)26/h1,3-8,13H,2,9-12,14H2,(H,23,25). The third kappa shape index (κ3) is 3.52. The second-order valence-electron chi connectivity index (χ2n) is 7.14. The minimum atomic E-state index is -0.372. The van der Waals surface area contributed by atoms with Crippen molar-refractivity contribution >= 4 is 29.3 Å². The summed E-state index contributed by atoms with van der Waals surface area (Å²) in [5.74, 6) is -0.135. The first-order valence-electron chi connectivity index (χ1n) is 9.16. The molecule has 4 rings (SSSR count). The van der Waals surface area contributed by atoms with Crippen LogP contribution in [0.5, 0.6) is 0 Å². The molecule has 2 aliphatic rings. The monoisotopic (exact) mass is 384 g/mol. The minimum Gasteiger partial charge on any atom is -0.447 e. The normalized spacial score (nSPS) is 18.0. The molecule has 2 aromatic carbocycles. The van der Waals surface area contributed by atoms with Gasteiger partial charge in [0.15, 0.2) is 0 Å². The van der Waals surface area contributed by atoms with Gasteiger partial charge in [0.25, 0.3) is 5.91 Å². The van der Waals surface area contributed by atoms with Gasteiger partial charge in [-0.2, -0.15) is 0 Å². The number of ether oxygens (including phenoxy) is 1. The second kappa shape index (κ2) is 7.24. The van der Waals surface area contributed by atoms with Gasteiger partial charge in [-0.15, -0.1) is 0 Å². The van der Waals surface area contributed by atoms with E-state index in [1.165, 1.54) is 10.5 Å². The molecule has 5 nitrogen and oxygen atoms in total. The zero-order valence-electron chi connectivity index (χ0n) is 14.9. The number of hydrogen-bond donors (Lipinski definition) is 1. The van der Waals surface area contributed by atoms with Crippen molar-refractivity contribution in [2.24, 2.45) is 0 Å². The fraction of sp³-hybridized carbons (Fsp3) is 0.333. The Morgan fingerprint density at radius 2 is 1.96 bits per heavy atom. The minimum absolute atomic E-state index is 0.0172. The molecule has 2 aromatic rings. The lowest BCUT2D eigenvalue weighted by Crippen LogP contribution is -2.45. The SMILES string of the molecule is O=C(NCC1(c2ccc(Cl)cc2)CCC1)c1cccc(N2CCOC2=O)c1. The molecule has 6 heteroatoms. The van der Waals surface area contributed by atoms with Crippen LogP contribution >= 0.6 is 11.6 Å². The van der Waals surface area contributed by atoms with Crippen LogP contribution in [0.2, 0.25) is 5.02 Å². The maximum Gasteiger partial charge on any atom is 0.414 e. The highest BCUT2D eigenvalue weighted by Crippen LogP contribution is 2.43. The molecule has 0 spiro atoms. The van der Waals surface area contributed by atoms with Crippen molar-refractivity contribution in [1.29, 1.82) is 0 Å². The molecule has 0 aromatic heterocycles. The van der Waals surface area contributed by atoms with Crippen molar-refractivity contribution in [3.05, 3.63) is 64.7 Å². The number of nitrogens with one attached hydrogen (secondary N) is 1. The van der Waals surface area contributed by atoms with Crippen molar-refractivity contribution in [3.63, 3.8) is 0 Å². The second-order valence-corrected chi connectivity index (χ2v) is 7.58. The van der Waals surface area contributed by atoms with Crippen molar-refractivity contribution in [2.75, 3.05) is 24.6 Å². The molecule has 1 saturated carbocycles. The fourth-order valence-electron chi connectivity index (χ4n) is 3.77. The van der Waals surface area contributed by atoms with Gasteiger partial charge < -0.3 is 10.1 Å². The van der Waals surface area contributed by atoms with Crippen LogP contribution in [0.15, 0.2) is 48.5 Å². The van der Waals surface area contributed by atoms with E-state index in [2.05, 4.69) is 5.32 Å². The van der Waals surface area contributed by atoms with Gasteiger partial charge in [0.1, 0.15) is 6.61 Å². The van der Waals surface area contributed by atoms with E-state index in [0.717, 1.165) is 24.3 Å². The van der Waals surface area contributed by atoms with Gasteiger partial charge in [0, 0.05) is 28.2 Å². The van der Waals surface area contributed by atoms with E-state index in [9.17, 15) is 9.59 Å². The number of amides is 2. The van der Waals surface area contributed by atoms with Crippen LogP contribution in [0.4, 0.5) is 10.5 Å². The lowest BCUT2D eigenvalue weighted by Gasteiger charge is -2.42. The topological polar surface area (TPSA) is 58.6 Å². The first-order chi connectivity index (χ1) is 13.1. The van der Waals surface area contributed by atoms with Crippen LogP contribution in [0.1, 0.15) is 35.2 Å². The number of rotatable bonds is 5. The molecule has 1 heterocycles. The highest BCUT2D eigenvalue weighted by molar-refractivity contribution is 6.30. The zero-order chi connectivity index (χ0) is 18.9. The van der Waals surface area contributed by atoms with E-state index >= 15 is 0 Å². The number of nitrogens with zero attached hydrogens (tertiary/aromatic N) is 1. The first-order valence-corrected chi connectivity index (χ1v) is 9.54. The van der Waals surface area contributed by atoms with E-state index < -0.39 is 0 Å². The Labute approximate surface area is 163 Å². The average Bonchev–Trinajstić information content (AvgIpc) is 3.08. The third-order valence-corrected chi connectivity index (χ3v) is 5.79. The molecule has 2 amide bonds. The largest absolute Gasteiger partial charge is 0.447 e. The van der Waals surface area contributed by atoms with Gasteiger partial charge in [-0.05, 0) is 48.7 Å². The summed E-state index contributed by atoms with van der Waals surface area (Å²) in [7, 11) is 0. The van der Waals surface area contributed by atoms with Gasteiger partial charge in [0.2, 0.25) is 0 Å². The maximum atomic E-state index is 12.7. The van der Waals surface area contributed by atoms with Gasteiger partial charge in [-0.1, -0.05) is 36.2 Å². The molecule has 1 aliphatic carbocycles. The number of halogens is 1. The first kappa shape index (κ1) is 17.9. The molecule has 27 heavy (non-hydrogen) atoms. The van der Waals surface area contributed by atoms with Crippen molar-refractivity contribution in [3.8, 4) is 0 Å². The molecule has 0 unspecified atom stereocenters. The molecule has 0 radical (unpaired) electrons. The molecular weight excluding hydrogens is 364 g/mol. The van der Waals surface area contributed by atoms with Gasteiger partial charge in [0.05, 0.1) is 6.54 Å². The van der Waals surface area contributed by atoms with Crippen molar-refractivity contribution in [1.82, 2.24) is 5.32 Å². The summed E-state index contributed by atoms with van der Waals surface area (Å²) in [5.41, 5.74) is 2.42. The Bertz CT molecular complexity index is 862. The van der Waals surface area contributed by atoms with Crippen LogP contribution in [0.3, 0.4) is 0 Å². The maximum absolute atomic E-state index is 12.7. The number of hydrogen-bond acceptors (Lipinski definition) is 3. The highest BCUT2D eigenvalue weighted by Gasteiger charge is 2.38. The summed E-state index contributed by atoms with van der Waals surface area (Å²) in [6.45, 7) is 1.46. The van der Waals surface area contributed by atoms with Crippen LogP contribution < -0.4 is 10.2 Å². The summed E-state index contributed by atoms with van der Waals surface area (Å²) in [4.78, 5) is 26.0. The van der Waals surface area contributed by atoms with Gasteiger partial charge in [-0.25, -0.2) is 4.79 Å². The summed E-state index contributed by atoms with van der Waals surface area (Å²) < 4.78 is 4.97. The Morgan fingerprint density at radius 3 is 2.59 bits per heavy atom. The van der Waals surface area contributed by atoms with Crippen LogP contribution in [0.25, 0.3) is 0 Å². The number of anilines is 1.